The molecule has 0 bridgehead atoms. The van der Waals surface area contributed by atoms with Crippen LogP contribution < -0.4 is 4.90 Å². The summed E-state index contributed by atoms with van der Waals surface area (Å²) in [5.74, 6) is -0.182. The van der Waals surface area contributed by atoms with Crippen molar-refractivity contribution >= 4 is 39.7 Å². The molecule has 28 heavy (non-hydrogen) atoms. The Morgan fingerprint density at radius 1 is 1.11 bits per heavy atom. The number of anilines is 1. The van der Waals surface area contributed by atoms with Crippen molar-refractivity contribution in [2.45, 2.75) is 13.1 Å². The molecular formula is C19H15N5O3S. The molecular weight excluding hydrogens is 378 g/mol. The Morgan fingerprint density at radius 2 is 1.89 bits per heavy atom. The van der Waals surface area contributed by atoms with Crippen molar-refractivity contribution in [3.63, 3.8) is 0 Å². The van der Waals surface area contributed by atoms with E-state index in [2.05, 4.69) is 10.3 Å². The predicted octanol–water partition coefficient (Wildman–Crippen LogP) is 3.63. The number of carbonyl (C=O) groups excluding carboxylic acids is 1. The standard InChI is InChI=1S/C19H15N5O3S/c25-19(13-23-18-6-2-1-5-17(18)20-21-23)22(12-16-4-3-11-28-16)14-7-9-15(10-8-14)24(26)27/h1-11H,12-13H2. The van der Waals surface area contributed by atoms with Crippen molar-refractivity contribution in [2.75, 3.05) is 4.90 Å². The monoisotopic (exact) mass is 393 g/mol. The van der Waals surface area contributed by atoms with E-state index in [1.165, 1.54) is 12.1 Å². The number of nitrogens with zero attached hydrogens (tertiary/aromatic N) is 5. The SMILES string of the molecule is O=C(Cn1nnc2ccccc21)N(Cc1cccs1)c1ccc([N+](=O)[O-])cc1. The molecule has 0 spiro atoms. The van der Waals surface area contributed by atoms with Crippen molar-refractivity contribution in [1.82, 2.24) is 15.0 Å². The number of nitro groups is 1. The third kappa shape index (κ3) is 3.60. The van der Waals surface area contributed by atoms with E-state index in [-0.39, 0.29) is 18.1 Å². The van der Waals surface area contributed by atoms with E-state index < -0.39 is 4.92 Å². The van der Waals surface area contributed by atoms with Gasteiger partial charge in [-0.1, -0.05) is 23.4 Å². The minimum atomic E-state index is -0.462. The molecule has 0 saturated heterocycles. The Balaban J connectivity index is 1.64. The summed E-state index contributed by atoms with van der Waals surface area (Å²) in [6.07, 6.45) is 0. The van der Waals surface area contributed by atoms with Gasteiger partial charge >= 0.3 is 0 Å². The topological polar surface area (TPSA) is 94.2 Å². The molecule has 1 amide bonds. The van der Waals surface area contributed by atoms with Gasteiger partial charge in [-0.3, -0.25) is 14.9 Å². The average Bonchev–Trinajstić information content (AvgIpc) is 3.36. The fourth-order valence-electron chi connectivity index (χ4n) is 2.88. The minimum Gasteiger partial charge on any atom is -0.306 e. The van der Waals surface area contributed by atoms with Gasteiger partial charge in [0.2, 0.25) is 5.91 Å². The van der Waals surface area contributed by atoms with E-state index in [1.54, 1.807) is 33.1 Å². The third-order valence-electron chi connectivity index (χ3n) is 4.27. The number of hydrogen-bond donors (Lipinski definition) is 0. The summed E-state index contributed by atoms with van der Waals surface area (Å²) in [5, 5.41) is 21.0. The lowest BCUT2D eigenvalue weighted by atomic mass is 10.2. The molecule has 0 aliphatic heterocycles. The number of hydrogen-bond acceptors (Lipinski definition) is 6. The highest BCUT2D eigenvalue weighted by molar-refractivity contribution is 7.09. The maximum absolute atomic E-state index is 13.1. The van der Waals surface area contributed by atoms with Gasteiger partial charge in [-0.2, -0.15) is 0 Å². The van der Waals surface area contributed by atoms with Gasteiger partial charge in [0, 0.05) is 22.7 Å². The number of fused-ring (bicyclic) bond motifs is 1. The molecule has 0 aliphatic rings. The van der Waals surface area contributed by atoms with Crippen LogP contribution in [0.4, 0.5) is 11.4 Å². The van der Waals surface area contributed by atoms with E-state index in [4.69, 9.17) is 0 Å². The first kappa shape index (κ1) is 17.8. The number of nitro benzene ring substituents is 1. The fraction of sp³-hybridized carbons (Fsp3) is 0.105. The fourth-order valence-corrected chi connectivity index (χ4v) is 3.58. The zero-order valence-electron chi connectivity index (χ0n) is 14.6. The van der Waals surface area contributed by atoms with Crippen LogP contribution in [0.1, 0.15) is 4.88 Å². The van der Waals surface area contributed by atoms with Crippen LogP contribution in [0.15, 0.2) is 66.0 Å². The smallest absolute Gasteiger partial charge is 0.269 e. The highest BCUT2D eigenvalue weighted by Gasteiger charge is 2.20. The van der Waals surface area contributed by atoms with E-state index in [0.29, 0.717) is 12.2 Å². The minimum absolute atomic E-state index is 0.0167. The Morgan fingerprint density at radius 3 is 2.61 bits per heavy atom. The number of non-ortho nitro benzene ring substituents is 1. The second-order valence-electron chi connectivity index (χ2n) is 6.07. The third-order valence-corrected chi connectivity index (χ3v) is 5.13. The van der Waals surface area contributed by atoms with Gasteiger partial charge in [-0.05, 0) is 35.7 Å². The van der Waals surface area contributed by atoms with Crippen LogP contribution in [0.25, 0.3) is 11.0 Å². The van der Waals surface area contributed by atoms with E-state index in [9.17, 15) is 14.9 Å². The van der Waals surface area contributed by atoms with Crippen LogP contribution in [-0.2, 0) is 17.9 Å². The largest absolute Gasteiger partial charge is 0.306 e. The zero-order chi connectivity index (χ0) is 19.5. The lowest BCUT2D eigenvalue weighted by Gasteiger charge is -2.22. The molecule has 0 unspecified atom stereocenters. The average molecular weight is 393 g/mol. The summed E-state index contributed by atoms with van der Waals surface area (Å²) in [6.45, 7) is 0.393. The Kier molecular flexibility index (Phi) is 4.81. The van der Waals surface area contributed by atoms with Crippen molar-refractivity contribution < 1.29 is 9.72 Å². The molecule has 4 aromatic rings. The lowest BCUT2D eigenvalue weighted by Crippen LogP contribution is -2.33. The van der Waals surface area contributed by atoms with Crippen LogP contribution in [-0.4, -0.2) is 25.8 Å². The highest BCUT2D eigenvalue weighted by atomic mass is 32.1. The van der Waals surface area contributed by atoms with Crippen molar-refractivity contribution in [3.05, 3.63) is 81.0 Å². The quantitative estimate of drug-likeness (QED) is 0.368. The molecule has 0 saturated carbocycles. The first-order valence-corrected chi connectivity index (χ1v) is 9.35. The van der Waals surface area contributed by atoms with Gasteiger partial charge in [0.25, 0.3) is 5.69 Å². The highest BCUT2D eigenvalue weighted by Crippen LogP contribution is 2.23. The molecule has 0 radical (unpaired) electrons. The molecule has 0 fully saturated rings. The molecule has 9 heteroatoms. The van der Waals surface area contributed by atoms with Crippen molar-refractivity contribution in [3.8, 4) is 0 Å². The number of aromatic nitrogens is 3. The van der Waals surface area contributed by atoms with E-state index in [0.717, 1.165) is 15.9 Å². The Bertz CT molecular complexity index is 1120. The number of rotatable bonds is 6. The number of benzene rings is 2. The zero-order valence-corrected chi connectivity index (χ0v) is 15.5. The number of carbonyl (C=O) groups is 1. The van der Waals surface area contributed by atoms with Gasteiger partial charge in [-0.25, -0.2) is 4.68 Å². The van der Waals surface area contributed by atoms with Crippen LogP contribution in [0.5, 0.6) is 0 Å². The predicted molar refractivity (Wildman–Crippen MR) is 106 cm³/mol. The van der Waals surface area contributed by atoms with E-state index >= 15 is 0 Å². The molecule has 8 nitrogen and oxygen atoms in total. The normalized spacial score (nSPS) is 10.9. The van der Waals surface area contributed by atoms with Crippen molar-refractivity contribution in [1.29, 1.82) is 0 Å². The van der Waals surface area contributed by atoms with Gasteiger partial charge in [-0.15, -0.1) is 16.4 Å². The number of thiophene rings is 1. The molecule has 2 heterocycles. The van der Waals surface area contributed by atoms with Crippen molar-refractivity contribution in [2.24, 2.45) is 0 Å². The van der Waals surface area contributed by atoms with Gasteiger partial charge < -0.3 is 4.90 Å². The second kappa shape index (κ2) is 7.57. The molecule has 2 aromatic heterocycles. The molecule has 4 rings (SSSR count). The Hall–Kier alpha value is -3.59. The summed E-state index contributed by atoms with van der Waals surface area (Å²) < 4.78 is 1.56. The van der Waals surface area contributed by atoms with Crippen LogP contribution in [0, 0.1) is 10.1 Å². The van der Waals surface area contributed by atoms with Crippen LogP contribution in [0.3, 0.4) is 0 Å². The summed E-state index contributed by atoms with van der Waals surface area (Å²) in [6, 6.07) is 17.3. The maximum atomic E-state index is 13.1. The number of para-hydroxylation sites is 1. The van der Waals surface area contributed by atoms with Gasteiger partial charge in [0.1, 0.15) is 12.1 Å². The molecule has 0 N–H and O–H groups in total. The first-order valence-electron chi connectivity index (χ1n) is 8.47. The van der Waals surface area contributed by atoms with E-state index in [1.807, 2.05) is 41.8 Å². The van der Waals surface area contributed by atoms with Gasteiger partial charge in [0.05, 0.1) is 17.0 Å². The maximum Gasteiger partial charge on any atom is 0.269 e. The summed E-state index contributed by atoms with van der Waals surface area (Å²) >= 11 is 1.55. The second-order valence-corrected chi connectivity index (χ2v) is 7.10. The summed E-state index contributed by atoms with van der Waals surface area (Å²) in [4.78, 5) is 26.2. The molecule has 140 valence electrons. The Labute approximate surface area is 163 Å². The van der Waals surface area contributed by atoms with Crippen LogP contribution >= 0.6 is 11.3 Å². The molecule has 0 aliphatic carbocycles. The first-order chi connectivity index (χ1) is 13.6. The molecule has 0 atom stereocenters. The summed E-state index contributed by atoms with van der Waals surface area (Å²) in [7, 11) is 0. The number of amides is 1. The van der Waals surface area contributed by atoms with Crippen LogP contribution in [0.2, 0.25) is 0 Å². The molecule has 2 aromatic carbocycles. The van der Waals surface area contributed by atoms with Gasteiger partial charge in [0.15, 0.2) is 0 Å². The lowest BCUT2D eigenvalue weighted by molar-refractivity contribution is -0.384. The summed E-state index contributed by atoms with van der Waals surface area (Å²) in [5.41, 5.74) is 2.06.